The summed E-state index contributed by atoms with van der Waals surface area (Å²) in [6.07, 6.45) is -1.15. The first-order chi connectivity index (χ1) is 6.45. The van der Waals surface area contributed by atoms with Crippen LogP contribution >= 0.6 is 0 Å². The summed E-state index contributed by atoms with van der Waals surface area (Å²) in [5, 5.41) is 9.03. The van der Waals surface area contributed by atoms with Gasteiger partial charge >= 0.3 is 0 Å². The molecule has 0 aliphatic heterocycles. The van der Waals surface area contributed by atoms with Gasteiger partial charge in [-0.1, -0.05) is 0 Å². The minimum atomic E-state index is -1.35. The lowest BCUT2D eigenvalue weighted by molar-refractivity contribution is 0.160. The van der Waals surface area contributed by atoms with Crippen LogP contribution in [0.5, 0.6) is 0 Å². The van der Waals surface area contributed by atoms with E-state index in [-0.39, 0.29) is 0 Å². The van der Waals surface area contributed by atoms with Crippen LogP contribution in [0.4, 0.5) is 13.2 Å². The van der Waals surface area contributed by atoms with Gasteiger partial charge in [-0.2, -0.15) is 0 Å². The number of aliphatic hydroxyl groups excluding tert-OH is 1. The Morgan fingerprint density at radius 2 is 1.71 bits per heavy atom. The largest absolute Gasteiger partial charge is 0.391 e. The molecule has 14 heavy (non-hydrogen) atoms. The lowest BCUT2D eigenvalue weighted by Gasteiger charge is -2.16. The molecule has 0 saturated heterocycles. The van der Waals surface area contributed by atoms with Crippen molar-refractivity contribution in [1.82, 2.24) is 0 Å². The standard InChI is InChI=1S/C9H10F3NO/c1-4(14)9(13)7-5(10)2-3-6(11)8(7)12/h2-4,9,14H,13H2,1H3/t4-,9-/m1/s1. The Balaban J connectivity index is 3.25. The Morgan fingerprint density at radius 1 is 1.21 bits per heavy atom. The number of nitrogens with two attached hydrogens (primary N) is 1. The normalized spacial score (nSPS) is 15.3. The van der Waals surface area contributed by atoms with Crippen molar-refractivity contribution in [3.63, 3.8) is 0 Å². The molecule has 1 rings (SSSR count). The van der Waals surface area contributed by atoms with Gasteiger partial charge in [-0.15, -0.1) is 0 Å². The van der Waals surface area contributed by atoms with E-state index < -0.39 is 35.2 Å². The highest BCUT2D eigenvalue weighted by Crippen LogP contribution is 2.23. The molecule has 5 heteroatoms. The third-order valence-electron chi connectivity index (χ3n) is 1.93. The van der Waals surface area contributed by atoms with Gasteiger partial charge in [0.1, 0.15) is 5.82 Å². The van der Waals surface area contributed by atoms with Gasteiger partial charge in [0, 0.05) is 5.56 Å². The molecule has 0 bridgehead atoms. The maximum absolute atomic E-state index is 13.1. The molecular weight excluding hydrogens is 195 g/mol. The highest BCUT2D eigenvalue weighted by Gasteiger charge is 2.22. The van der Waals surface area contributed by atoms with E-state index in [9.17, 15) is 13.2 Å². The Labute approximate surface area is 79.2 Å². The number of hydrogen-bond acceptors (Lipinski definition) is 2. The van der Waals surface area contributed by atoms with Crippen LogP contribution in [0.15, 0.2) is 12.1 Å². The average molecular weight is 205 g/mol. The van der Waals surface area contributed by atoms with Crippen molar-refractivity contribution in [1.29, 1.82) is 0 Å². The number of halogens is 3. The van der Waals surface area contributed by atoms with Crippen molar-refractivity contribution in [3.05, 3.63) is 35.1 Å². The Bertz CT molecular complexity index is 341. The van der Waals surface area contributed by atoms with E-state index in [2.05, 4.69) is 0 Å². The number of rotatable bonds is 2. The van der Waals surface area contributed by atoms with Crippen molar-refractivity contribution in [3.8, 4) is 0 Å². The van der Waals surface area contributed by atoms with Gasteiger partial charge in [0.25, 0.3) is 0 Å². The fourth-order valence-corrected chi connectivity index (χ4v) is 1.09. The molecule has 0 aromatic heterocycles. The van der Waals surface area contributed by atoms with E-state index in [1.165, 1.54) is 6.92 Å². The molecule has 0 saturated carbocycles. The molecule has 0 unspecified atom stereocenters. The number of aliphatic hydroxyl groups is 1. The van der Waals surface area contributed by atoms with E-state index in [0.717, 1.165) is 6.07 Å². The van der Waals surface area contributed by atoms with Crippen molar-refractivity contribution >= 4 is 0 Å². The summed E-state index contributed by atoms with van der Waals surface area (Å²) in [6.45, 7) is 1.27. The summed E-state index contributed by atoms with van der Waals surface area (Å²) < 4.78 is 38.8. The van der Waals surface area contributed by atoms with E-state index in [1.807, 2.05) is 0 Å². The summed E-state index contributed by atoms with van der Waals surface area (Å²) in [7, 11) is 0. The van der Waals surface area contributed by atoms with Crippen LogP contribution < -0.4 is 5.73 Å². The van der Waals surface area contributed by atoms with Gasteiger partial charge in [0.15, 0.2) is 11.6 Å². The quantitative estimate of drug-likeness (QED) is 0.718. The summed E-state index contributed by atoms with van der Waals surface area (Å²) >= 11 is 0. The molecule has 1 aromatic rings. The van der Waals surface area contributed by atoms with E-state index >= 15 is 0 Å². The van der Waals surface area contributed by atoms with Crippen LogP contribution in [0.1, 0.15) is 18.5 Å². The smallest absolute Gasteiger partial charge is 0.166 e. The Hall–Kier alpha value is -1.07. The Kier molecular flexibility index (Phi) is 3.13. The zero-order valence-corrected chi connectivity index (χ0v) is 7.47. The predicted molar refractivity (Wildman–Crippen MR) is 44.9 cm³/mol. The zero-order valence-electron chi connectivity index (χ0n) is 7.47. The van der Waals surface area contributed by atoms with Crippen molar-refractivity contribution in [2.45, 2.75) is 19.1 Å². The zero-order chi connectivity index (χ0) is 10.9. The molecule has 1 aromatic carbocycles. The number of benzene rings is 1. The average Bonchev–Trinajstić information content (AvgIpc) is 2.12. The lowest BCUT2D eigenvalue weighted by atomic mass is 10.0. The molecule has 78 valence electrons. The van der Waals surface area contributed by atoms with E-state index in [0.29, 0.717) is 6.07 Å². The number of hydrogen-bond donors (Lipinski definition) is 2. The molecule has 0 heterocycles. The first-order valence-electron chi connectivity index (χ1n) is 4.02. The van der Waals surface area contributed by atoms with Gasteiger partial charge in [0.2, 0.25) is 0 Å². The van der Waals surface area contributed by atoms with Crippen LogP contribution in [0.3, 0.4) is 0 Å². The summed E-state index contributed by atoms with van der Waals surface area (Å²) in [4.78, 5) is 0. The molecule has 0 aliphatic rings. The molecule has 2 nitrogen and oxygen atoms in total. The van der Waals surface area contributed by atoms with Gasteiger partial charge in [-0.05, 0) is 19.1 Å². The minimum Gasteiger partial charge on any atom is -0.391 e. The van der Waals surface area contributed by atoms with Crippen molar-refractivity contribution < 1.29 is 18.3 Å². The van der Waals surface area contributed by atoms with E-state index in [1.54, 1.807) is 0 Å². The first-order valence-corrected chi connectivity index (χ1v) is 4.02. The van der Waals surface area contributed by atoms with Gasteiger partial charge in [-0.25, -0.2) is 13.2 Å². The maximum atomic E-state index is 13.1. The van der Waals surface area contributed by atoms with Gasteiger partial charge in [0.05, 0.1) is 12.1 Å². The SMILES string of the molecule is C[C@@H](O)[C@@H](N)c1c(F)ccc(F)c1F. The van der Waals surface area contributed by atoms with Crippen molar-refractivity contribution in [2.24, 2.45) is 5.73 Å². The van der Waals surface area contributed by atoms with Crippen LogP contribution in [-0.4, -0.2) is 11.2 Å². The third kappa shape index (κ3) is 1.88. The molecule has 0 amide bonds. The van der Waals surface area contributed by atoms with Crippen LogP contribution in [-0.2, 0) is 0 Å². The molecule has 0 spiro atoms. The molecule has 3 N–H and O–H groups in total. The fourth-order valence-electron chi connectivity index (χ4n) is 1.09. The molecule has 0 fully saturated rings. The van der Waals surface area contributed by atoms with Crippen LogP contribution in [0.25, 0.3) is 0 Å². The second-order valence-electron chi connectivity index (χ2n) is 3.02. The second kappa shape index (κ2) is 3.98. The summed E-state index contributed by atoms with van der Waals surface area (Å²) in [5.41, 5.74) is 4.69. The maximum Gasteiger partial charge on any atom is 0.166 e. The predicted octanol–water partition coefficient (Wildman–Crippen LogP) is 1.48. The fraction of sp³-hybridized carbons (Fsp3) is 0.333. The minimum absolute atomic E-state index is 0.625. The molecular formula is C9H10F3NO. The van der Waals surface area contributed by atoms with E-state index in [4.69, 9.17) is 10.8 Å². The van der Waals surface area contributed by atoms with Crippen molar-refractivity contribution in [2.75, 3.05) is 0 Å². The summed E-state index contributed by atoms with van der Waals surface area (Å²) in [5.74, 6) is -3.49. The summed E-state index contributed by atoms with van der Waals surface area (Å²) in [6, 6.07) is 0.171. The second-order valence-corrected chi connectivity index (χ2v) is 3.02. The first kappa shape index (κ1) is 11.0. The highest BCUT2D eigenvalue weighted by molar-refractivity contribution is 5.24. The monoisotopic (exact) mass is 205 g/mol. The topological polar surface area (TPSA) is 46.2 Å². The molecule has 2 atom stereocenters. The molecule has 0 radical (unpaired) electrons. The van der Waals surface area contributed by atoms with Crippen LogP contribution in [0, 0.1) is 17.5 Å². The Morgan fingerprint density at radius 3 is 2.21 bits per heavy atom. The van der Waals surface area contributed by atoms with Gasteiger partial charge in [-0.3, -0.25) is 0 Å². The van der Waals surface area contributed by atoms with Crippen LogP contribution in [0.2, 0.25) is 0 Å². The third-order valence-corrected chi connectivity index (χ3v) is 1.93. The molecule has 0 aliphatic carbocycles. The highest BCUT2D eigenvalue weighted by atomic mass is 19.2. The lowest BCUT2D eigenvalue weighted by Crippen LogP contribution is -2.25. The van der Waals surface area contributed by atoms with Gasteiger partial charge < -0.3 is 10.8 Å².